The van der Waals surface area contributed by atoms with Gasteiger partial charge in [-0.15, -0.1) is 0 Å². The highest BCUT2D eigenvalue weighted by molar-refractivity contribution is 6.31. The number of carbonyl (C=O) groups excluding carboxylic acids is 3. The summed E-state index contributed by atoms with van der Waals surface area (Å²) in [6.45, 7) is 0.192. The molecule has 0 bridgehead atoms. The van der Waals surface area contributed by atoms with Crippen molar-refractivity contribution in [1.29, 1.82) is 0 Å². The molecule has 0 aliphatic carbocycles. The van der Waals surface area contributed by atoms with Crippen molar-refractivity contribution in [2.24, 2.45) is 0 Å². The topological polar surface area (TPSA) is 101 Å². The molecule has 3 amide bonds. The van der Waals surface area contributed by atoms with E-state index in [1.165, 1.54) is 29.2 Å². The van der Waals surface area contributed by atoms with Crippen molar-refractivity contribution in [3.8, 4) is 0 Å². The third-order valence-electron chi connectivity index (χ3n) is 5.65. The lowest BCUT2D eigenvalue weighted by molar-refractivity contribution is -0.384. The minimum atomic E-state index is -0.991. The first-order chi connectivity index (χ1) is 16.3. The third-order valence-corrected chi connectivity index (χ3v) is 5.91. The van der Waals surface area contributed by atoms with Crippen LogP contribution in [0.4, 0.5) is 11.4 Å². The average molecular weight is 478 g/mol. The predicted molar refractivity (Wildman–Crippen MR) is 127 cm³/mol. The van der Waals surface area contributed by atoms with Crippen LogP contribution in [-0.2, 0) is 16.0 Å². The first-order valence-corrected chi connectivity index (χ1v) is 10.9. The molecule has 3 aromatic rings. The molecule has 34 heavy (non-hydrogen) atoms. The monoisotopic (exact) mass is 477 g/mol. The van der Waals surface area contributed by atoms with E-state index in [-0.39, 0.29) is 24.2 Å². The molecule has 172 valence electrons. The first-order valence-electron chi connectivity index (χ1n) is 10.6. The molecule has 1 aliphatic heterocycles. The molecule has 1 fully saturated rings. The molecular formula is C25H20ClN3O5. The van der Waals surface area contributed by atoms with E-state index < -0.39 is 28.7 Å². The fraction of sp³-hybridized carbons (Fsp3) is 0.160. The molecule has 1 heterocycles. The Hall–Kier alpha value is -4.04. The van der Waals surface area contributed by atoms with Crippen LogP contribution in [0.15, 0.2) is 78.9 Å². The van der Waals surface area contributed by atoms with Crippen molar-refractivity contribution >= 4 is 40.7 Å². The number of halogens is 1. The van der Waals surface area contributed by atoms with Crippen LogP contribution < -0.4 is 4.90 Å². The van der Waals surface area contributed by atoms with Gasteiger partial charge in [0.25, 0.3) is 17.5 Å². The number of rotatable bonds is 7. The molecule has 0 saturated carbocycles. The van der Waals surface area contributed by atoms with E-state index in [0.29, 0.717) is 17.1 Å². The highest BCUT2D eigenvalue weighted by Crippen LogP contribution is 2.28. The Morgan fingerprint density at radius 3 is 2.26 bits per heavy atom. The van der Waals surface area contributed by atoms with E-state index >= 15 is 0 Å². The summed E-state index contributed by atoms with van der Waals surface area (Å²) in [5.74, 6) is -1.40. The fourth-order valence-electron chi connectivity index (χ4n) is 3.91. The van der Waals surface area contributed by atoms with Crippen molar-refractivity contribution in [2.75, 3.05) is 11.4 Å². The summed E-state index contributed by atoms with van der Waals surface area (Å²) in [6, 6.07) is 20.0. The largest absolute Gasteiger partial charge is 0.326 e. The summed E-state index contributed by atoms with van der Waals surface area (Å²) in [5, 5.41) is 11.4. The number of hydrogen-bond acceptors (Lipinski definition) is 5. The van der Waals surface area contributed by atoms with E-state index in [0.717, 1.165) is 10.5 Å². The molecule has 1 unspecified atom stereocenters. The van der Waals surface area contributed by atoms with Gasteiger partial charge >= 0.3 is 0 Å². The van der Waals surface area contributed by atoms with Gasteiger partial charge in [-0.1, -0.05) is 41.9 Å². The zero-order valence-corrected chi connectivity index (χ0v) is 18.7. The summed E-state index contributed by atoms with van der Waals surface area (Å²) in [6.07, 6.45) is 0.313. The zero-order chi connectivity index (χ0) is 24.2. The highest BCUT2D eigenvalue weighted by Gasteiger charge is 2.44. The second-order valence-corrected chi connectivity index (χ2v) is 8.24. The molecule has 4 rings (SSSR count). The quantitative estimate of drug-likeness (QED) is 0.287. The lowest BCUT2D eigenvalue weighted by Gasteiger charge is -2.28. The summed E-state index contributed by atoms with van der Waals surface area (Å²) in [7, 11) is 0. The van der Waals surface area contributed by atoms with Crippen molar-refractivity contribution in [2.45, 2.75) is 18.9 Å². The van der Waals surface area contributed by atoms with Gasteiger partial charge in [-0.3, -0.25) is 24.5 Å². The van der Waals surface area contributed by atoms with Crippen molar-refractivity contribution in [3.63, 3.8) is 0 Å². The number of carbonyl (C=O) groups is 3. The van der Waals surface area contributed by atoms with Gasteiger partial charge in [0.1, 0.15) is 6.04 Å². The van der Waals surface area contributed by atoms with Gasteiger partial charge < -0.3 is 4.90 Å². The molecule has 0 N–H and O–H groups in total. The van der Waals surface area contributed by atoms with Crippen LogP contribution in [-0.4, -0.2) is 40.1 Å². The molecule has 3 aromatic carbocycles. The van der Waals surface area contributed by atoms with Crippen LogP contribution in [0, 0.1) is 10.1 Å². The first kappa shape index (κ1) is 23.1. The van der Waals surface area contributed by atoms with E-state index in [1.54, 1.807) is 24.3 Å². The number of non-ortho nitro benzene ring substituents is 1. The number of hydrogen-bond donors (Lipinski definition) is 0. The number of imide groups is 1. The van der Waals surface area contributed by atoms with Crippen molar-refractivity contribution < 1.29 is 19.3 Å². The third kappa shape index (κ3) is 4.82. The van der Waals surface area contributed by atoms with E-state index in [4.69, 9.17) is 11.6 Å². The van der Waals surface area contributed by atoms with Gasteiger partial charge in [0.15, 0.2) is 0 Å². The molecule has 0 aromatic heterocycles. The van der Waals surface area contributed by atoms with E-state index in [9.17, 15) is 24.5 Å². The molecule has 1 atom stereocenters. The Kier molecular flexibility index (Phi) is 6.70. The van der Waals surface area contributed by atoms with Gasteiger partial charge in [-0.05, 0) is 48.4 Å². The van der Waals surface area contributed by atoms with Crippen LogP contribution in [0.3, 0.4) is 0 Å². The van der Waals surface area contributed by atoms with E-state index in [2.05, 4.69) is 0 Å². The van der Waals surface area contributed by atoms with Crippen molar-refractivity contribution in [3.05, 3.63) is 105 Å². The maximum Gasteiger partial charge on any atom is 0.269 e. The molecule has 0 radical (unpaired) electrons. The maximum atomic E-state index is 13.4. The van der Waals surface area contributed by atoms with Gasteiger partial charge in [0.2, 0.25) is 5.91 Å². The fourth-order valence-corrected chi connectivity index (χ4v) is 4.03. The van der Waals surface area contributed by atoms with Crippen molar-refractivity contribution in [1.82, 2.24) is 4.90 Å². The second-order valence-electron chi connectivity index (χ2n) is 7.80. The summed E-state index contributed by atoms with van der Waals surface area (Å²) in [5.41, 5.74) is 1.40. The van der Waals surface area contributed by atoms with Gasteiger partial charge in [-0.25, -0.2) is 4.90 Å². The minimum absolute atomic E-state index is 0.145. The Bertz CT molecular complexity index is 1230. The number of amides is 3. The van der Waals surface area contributed by atoms with Crippen LogP contribution >= 0.6 is 11.6 Å². The molecule has 1 saturated heterocycles. The second kappa shape index (κ2) is 9.84. The number of nitro benzene ring substituents is 1. The number of benzene rings is 3. The Labute approximate surface area is 200 Å². The van der Waals surface area contributed by atoms with Gasteiger partial charge in [0, 0.05) is 29.3 Å². The van der Waals surface area contributed by atoms with Crippen LogP contribution in [0.2, 0.25) is 5.02 Å². The molecule has 8 nitrogen and oxygen atoms in total. The van der Waals surface area contributed by atoms with Crippen LogP contribution in [0.1, 0.15) is 22.3 Å². The molecule has 0 spiro atoms. The molecule has 9 heteroatoms. The maximum absolute atomic E-state index is 13.4. The number of anilines is 1. The Morgan fingerprint density at radius 2 is 1.65 bits per heavy atom. The van der Waals surface area contributed by atoms with E-state index in [1.807, 2.05) is 30.3 Å². The lowest BCUT2D eigenvalue weighted by atomic mass is 10.1. The number of nitrogens with zero attached hydrogens (tertiary/aromatic N) is 3. The predicted octanol–water partition coefficient (Wildman–Crippen LogP) is 4.27. The average Bonchev–Trinajstić information content (AvgIpc) is 3.14. The summed E-state index contributed by atoms with van der Waals surface area (Å²) in [4.78, 5) is 52.4. The smallest absolute Gasteiger partial charge is 0.269 e. The van der Waals surface area contributed by atoms with Gasteiger partial charge in [0.05, 0.1) is 17.0 Å². The summed E-state index contributed by atoms with van der Waals surface area (Å²) < 4.78 is 0. The Morgan fingerprint density at radius 1 is 1.00 bits per heavy atom. The van der Waals surface area contributed by atoms with Gasteiger partial charge in [-0.2, -0.15) is 0 Å². The Balaban J connectivity index is 1.63. The lowest BCUT2D eigenvalue weighted by Crippen LogP contribution is -2.46. The normalized spacial score (nSPS) is 15.4. The molecule has 1 aliphatic rings. The number of nitro groups is 1. The highest BCUT2D eigenvalue weighted by atomic mass is 35.5. The summed E-state index contributed by atoms with van der Waals surface area (Å²) >= 11 is 5.93. The zero-order valence-electron chi connectivity index (χ0n) is 18.0. The minimum Gasteiger partial charge on any atom is -0.326 e. The SMILES string of the molecule is O=C1CC(N(CCc2ccccc2)C(=O)c2ccc([N+](=O)[O-])cc2)C(=O)N1c1ccc(Cl)cc1. The van der Waals surface area contributed by atoms with Crippen LogP contribution in [0.25, 0.3) is 0 Å². The van der Waals surface area contributed by atoms with Crippen LogP contribution in [0.5, 0.6) is 0 Å². The standard InChI is InChI=1S/C25H20ClN3O5/c26-19-8-12-20(13-9-19)28-23(30)16-22(25(28)32)27(15-14-17-4-2-1-3-5-17)24(31)18-6-10-21(11-7-18)29(33)34/h1-13,22H,14-16H2. The molecular weight excluding hydrogens is 458 g/mol.